The molecule has 0 bridgehead atoms. The molecule has 0 fully saturated rings. The lowest BCUT2D eigenvalue weighted by atomic mass is 10.2. The van der Waals surface area contributed by atoms with E-state index in [1.54, 1.807) is 12.1 Å². The van der Waals surface area contributed by atoms with Crippen LogP contribution in [0, 0.1) is 20.2 Å². The summed E-state index contributed by atoms with van der Waals surface area (Å²) in [6.45, 7) is 0.173. The maximum Gasteiger partial charge on any atom is 0.288 e. The minimum absolute atomic E-state index is 0.00266. The van der Waals surface area contributed by atoms with Gasteiger partial charge in [0.25, 0.3) is 11.4 Å². The number of nitro groups is 2. The fourth-order valence-corrected chi connectivity index (χ4v) is 1.85. The largest absolute Gasteiger partial charge is 0.489 e. The highest BCUT2D eigenvalue weighted by atomic mass is 35.5. The summed E-state index contributed by atoms with van der Waals surface area (Å²) < 4.78 is 5.43. The Labute approximate surface area is 124 Å². The van der Waals surface area contributed by atoms with Gasteiger partial charge in [-0.2, -0.15) is 0 Å². The SMILES string of the molecule is O=[N+]([O-])c1ccc(COc2ccc([N+](=O)[O-])c(Cl)c2)cc1. The third-order valence-corrected chi connectivity index (χ3v) is 2.97. The van der Waals surface area contributed by atoms with Crippen molar-refractivity contribution < 1.29 is 14.6 Å². The highest BCUT2D eigenvalue weighted by Gasteiger charge is 2.12. The highest BCUT2D eigenvalue weighted by molar-refractivity contribution is 6.32. The first-order chi connectivity index (χ1) is 9.97. The zero-order valence-electron chi connectivity index (χ0n) is 10.6. The Balaban J connectivity index is 2.04. The summed E-state index contributed by atoms with van der Waals surface area (Å²) >= 11 is 5.77. The van der Waals surface area contributed by atoms with Gasteiger partial charge in [-0.05, 0) is 23.8 Å². The lowest BCUT2D eigenvalue weighted by Crippen LogP contribution is -1.97. The third-order valence-electron chi connectivity index (χ3n) is 2.67. The molecule has 7 nitrogen and oxygen atoms in total. The van der Waals surface area contributed by atoms with Crippen LogP contribution in [0.4, 0.5) is 11.4 Å². The van der Waals surface area contributed by atoms with E-state index in [0.29, 0.717) is 5.75 Å². The molecule has 0 radical (unpaired) electrons. The van der Waals surface area contributed by atoms with Crippen molar-refractivity contribution in [3.8, 4) is 5.75 Å². The quantitative estimate of drug-likeness (QED) is 0.619. The molecule has 0 aliphatic carbocycles. The van der Waals surface area contributed by atoms with Crippen molar-refractivity contribution in [2.24, 2.45) is 0 Å². The van der Waals surface area contributed by atoms with Gasteiger partial charge in [0.2, 0.25) is 0 Å². The van der Waals surface area contributed by atoms with Crippen LogP contribution in [0.25, 0.3) is 0 Å². The number of benzene rings is 2. The summed E-state index contributed by atoms with van der Waals surface area (Å²) in [6, 6.07) is 9.95. The molecule has 2 aromatic carbocycles. The van der Waals surface area contributed by atoms with Gasteiger partial charge in [-0.25, -0.2) is 0 Å². The number of ether oxygens (including phenoxy) is 1. The number of nitro benzene ring substituents is 2. The first kappa shape index (κ1) is 14.7. The lowest BCUT2D eigenvalue weighted by molar-refractivity contribution is -0.385. The number of hydrogen-bond donors (Lipinski definition) is 0. The van der Waals surface area contributed by atoms with E-state index < -0.39 is 9.85 Å². The molecule has 0 atom stereocenters. The second-order valence-electron chi connectivity index (χ2n) is 4.08. The van der Waals surface area contributed by atoms with E-state index in [2.05, 4.69) is 0 Å². The summed E-state index contributed by atoms with van der Waals surface area (Å²) in [4.78, 5) is 20.1. The van der Waals surface area contributed by atoms with Crippen molar-refractivity contribution in [2.45, 2.75) is 6.61 Å². The first-order valence-corrected chi connectivity index (χ1v) is 6.15. The maximum absolute atomic E-state index is 10.6. The first-order valence-electron chi connectivity index (χ1n) is 5.77. The smallest absolute Gasteiger partial charge is 0.288 e. The van der Waals surface area contributed by atoms with Crippen LogP contribution in [0.3, 0.4) is 0 Å². The molecule has 2 aromatic rings. The Kier molecular flexibility index (Phi) is 4.34. The van der Waals surface area contributed by atoms with E-state index in [1.165, 1.54) is 30.3 Å². The number of halogens is 1. The van der Waals surface area contributed by atoms with Crippen molar-refractivity contribution in [3.63, 3.8) is 0 Å². The van der Waals surface area contributed by atoms with Gasteiger partial charge in [-0.15, -0.1) is 0 Å². The molecule has 0 N–H and O–H groups in total. The lowest BCUT2D eigenvalue weighted by Gasteiger charge is -2.06. The van der Waals surface area contributed by atoms with Crippen LogP contribution < -0.4 is 4.74 Å². The van der Waals surface area contributed by atoms with Gasteiger partial charge in [0, 0.05) is 24.3 Å². The summed E-state index contributed by atoms with van der Waals surface area (Å²) in [5, 5.41) is 21.1. The van der Waals surface area contributed by atoms with Gasteiger partial charge in [0.1, 0.15) is 17.4 Å². The Bertz CT molecular complexity index is 687. The van der Waals surface area contributed by atoms with Crippen LogP contribution in [-0.4, -0.2) is 9.85 Å². The molecule has 0 aromatic heterocycles. The molecule has 2 rings (SSSR count). The molecule has 0 aliphatic heterocycles. The summed E-state index contributed by atoms with van der Waals surface area (Å²) in [6.07, 6.45) is 0. The van der Waals surface area contributed by atoms with Gasteiger partial charge in [-0.1, -0.05) is 11.6 Å². The number of nitrogens with zero attached hydrogens (tertiary/aromatic N) is 2. The zero-order chi connectivity index (χ0) is 15.4. The Morgan fingerprint density at radius 3 is 2.19 bits per heavy atom. The molecule has 0 aliphatic rings. The van der Waals surface area contributed by atoms with E-state index in [0.717, 1.165) is 5.56 Å². The number of hydrogen-bond acceptors (Lipinski definition) is 5. The predicted molar refractivity (Wildman–Crippen MR) is 75.5 cm³/mol. The Hall–Kier alpha value is -2.67. The molecule has 0 spiro atoms. The normalized spacial score (nSPS) is 10.1. The zero-order valence-corrected chi connectivity index (χ0v) is 11.3. The van der Waals surface area contributed by atoms with Gasteiger partial charge >= 0.3 is 0 Å². The molecule has 0 heterocycles. The minimum Gasteiger partial charge on any atom is -0.489 e. The fraction of sp³-hybridized carbons (Fsp3) is 0.0769. The Morgan fingerprint density at radius 1 is 1.00 bits per heavy atom. The monoisotopic (exact) mass is 308 g/mol. The summed E-state index contributed by atoms with van der Waals surface area (Å²) in [5.41, 5.74) is 0.534. The average molecular weight is 309 g/mol. The molecule has 0 saturated heterocycles. The van der Waals surface area contributed by atoms with Crippen molar-refractivity contribution >= 4 is 23.0 Å². The summed E-state index contributed by atoms with van der Waals surface area (Å²) in [7, 11) is 0. The molecule has 108 valence electrons. The van der Waals surface area contributed by atoms with Crippen molar-refractivity contribution in [1.29, 1.82) is 0 Å². The van der Waals surface area contributed by atoms with Crippen LogP contribution in [0.15, 0.2) is 42.5 Å². The van der Waals surface area contributed by atoms with Gasteiger partial charge in [0.15, 0.2) is 0 Å². The Morgan fingerprint density at radius 2 is 1.67 bits per heavy atom. The number of rotatable bonds is 5. The van der Waals surface area contributed by atoms with E-state index in [4.69, 9.17) is 16.3 Å². The summed E-state index contributed by atoms with van der Waals surface area (Å²) in [5.74, 6) is 0.379. The second kappa shape index (κ2) is 6.19. The molecule has 0 amide bonds. The van der Waals surface area contributed by atoms with Crippen LogP contribution in [0.2, 0.25) is 5.02 Å². The standard InChI is InChI=1S/C13H9ClN2O5/c14-12-7-11(5-6-13(12)16(19)20)21-8-9-1-3-10(4-2-9)15(17)18/h1-7H,8H2. The van der Waals surface area contributed by atoms with Crippen molar-refractivity contribution in [3.05, 3.63) is 73.3 Å². The minimum atomic E-state index is -0.581. The molecular weight excluding hydrogens is 300 g/mol. The molecule has 21 heavy (non-hydrogen) atoms. The molecule has 0 saturated carbocycles. The topological polar surface area (TPSA) is 95.5 Å². The van der Waals surface area contributed by atoms with Crippen LogP contribution in [0.1, 0.15) is 5.56 Å². The maximum atomic E-state index is 10.6. The average Bonchev–Trinajstić information content (AvgIpc) is 2.45. The van der Waals surface area contributed by atoms with E-state index in [9.17, 15) is 20.2 Å². The number of non-ortho nitro benzene ring substituents is 1. The van der Waals surface area contributed by atoms with Crippen molar-refractivity contribution in [1.82, 2.24) is 0 Å². The van der Waals surface area contributed by atoms with E-state index >= 15 is 0 Å². The third kappa shape index (κ3) is 3.67. The molecular formula is C13H9ClN2O5. The van der Waals surface area contributed by atoms with Crippen LogP contribution >= 0.6 is 11.6 Å². The van der Waals surface area contributed by atoms with Crippen molar-refractivity contribution in [2.75, 3.05) is 0 Å². The van der Waals surface area contributed by atoms with Gasteiger partial charge in [-0.3, -0.25) is 20.2 Å². The molecule has 8 heteroatoms. The van der Waals surface area contributed by atoms with Crippen LogP contribution in [0.5, 0.6) is 5.75 Å². The van der Waals surface area contributed by atoms with Gasteiger partial charge < -0.3 is 4.74 Å². The fourth-order valence-electron chi connectivity index (χ4n) is 1.61. The highest BCUT2D eigenvalue weighted by Crippen LogP contribution is 2.28. The van der Waals surface area contributed by atoms with Gasteiger partial charge in [0.05, 0.1) is 9.85 Å². The van der Waals surface area contributed by atoms with E-state index in [-0.39, 0.29) is 23.0 Å². The molecule has 0 unspecified atom stereocenters. The second-order valence-corrected chi connectivity index (χ2v) is 4.49. The van der Waals surface area contributed by atoms with E-state index in [1.807, 2.05) is 0 Å². The van der Waals surface area contributed by atoms with Crippen LogP contribution in [-0.2, 0) is 6.61 Å². The predicted octanol–water partition coefficient (Wildman–Crippen LogP) is 3.74.